The van der Waals surface area contributed by atoms with E-state index in [1.807, 2.05) is 0 Å². The number of aliphatic carboxylic acids is 1. The fourth-order valence-corrected chi connectivity index (χ4v) is 1.43. The number of carboxylic acid groups (broad SMARTS) is 1. The standard InChI is InChI=1S/C9H9N3O2/c1-6-11-7-2-3-10-4-8(7)12(6)5-9(13)14/h2-4H,5H2,1H3,(H,13,14). The van der Waals surface area contributed by atoms with Crippen LogP contribution < -0.4 is 0 Å². The highest BCUT2D eigenvalue weighted by molar-refractivity contribution is 5.77. The van der Waals surface area contributed by atoms with Gasteiger partial charge >= 0.3 is 5.97 Å². The molecule has 0 bridgehead atoms. The monoisotopic (exact) mass is 191 g/mol. The molecule has 0 atom stereocenters. The molecule has 0 saturated carbocycles. The van der Waals surface area contributed by atoms with E-state index in [1.165, 1.54) is 0 Å². The van der Waals surface area contributed by atoms with Crippen LogP contribution in [0.5, 0.6) is 0 Å². The van der Waals surface area contributed by atoms with Gasteiger partial charge < -0.3 is 9.67 Å². The molecule has 0 radical (unpaired) electrons. The molecule has 0 aromatic carbocycles. The van der Waals surface area contributed by atoms with Gasteiger partial charge in [0.05, 0.1) is 17.2 Å². The van der Waals surface area contributed by atoms with Crippen molar-refractivity contribution in [1.29, 1.82) is 0 Å². The maximum Gasteiger partial charge on any atom is 0.323 e. The Hall–Kier alpha value is -1.91. The Labute approximate surface area is 80.0 Å². The van der Waals surface area contributed by atoms with Crippen LogP contribution in [-0.4, -0.2) is 25.6 Å². The Morgan fingerprint density at radius 1 is 1.64 bits per heavy atom. The molecule has 5 nitrogen and oxygen atoms in total. The van der Waals surface area contributed by atoms with E-state index in [4.69, 9.17) is 5.11 Å². The highest BCUT2D eigenvalue weighted by atomic mass is 16.4. The topological polar surface area (TPSA) is 68.0 Å². The third kappa shape index (κ3) is 1.32. The summed E-state index contributed by atoms with van der Waals surface area (Å²) in [6.07, 6.45) is 3.26. The van der Waals surface area contributed by atoms with Crippen molar-refractivity contribution in [2.45, 2.75) is 13.5 Å². The molecule has 1 N–H and O–H groups in total. The highest BCUT2D eigenvalue weighted by Gasteiger charge is 2.09. The average Bonchev–Trinajstić information content (AvgIpc) is 2.43. The predicted molar refractivity (Wildman–Crippen MR) is 49.9 cm³/mol. The first-order valence-electron chi connectivity index (χ1n) is 4.17. The molecule has 2 aromatic heterocycles. The van der Waals surface area contributed by atoms with Gasteiger partial charge in [0.2, 0.25) is 0 Å². The van der Waals surface area contributed by atoms with Crippen LogP contribution in [-0.2, 0) is 11.3 Å². The second-order valence-electron chi connectivity index (χ2n) is 3.00. The van der Waals surface area contributed by atoms with E-state index in [9.17, 15) is 4.79 Å². The largest absolute Gasteiger partial charge is 0.480 e. The van der Waals surface area contributed by atoms with Crippen molar-refractivity contribution >= 4 is 17.0 Å². The van der Waals surface area contributed by atoms with Gasteiger partial charge in [-0.3, -0.25) is 9.78 Å². The number of imidazole rings is 1. The van der Waals surface area contributed by atoms with E-state index in [-0.39, 0.29) is 6.54 Å². The van der Waals surface area contributed by atoms with E-state index in [0.717, 1.165) is 11.0 Å². The Balaban J connectivity index is 2.62. The van der Waals surface area contributed by atoms with E-state index < -0.39 is 5.97 Å². The summed E-state index contributed by atoms with van der Waals surface area (Å²) >= 11 is 0. The van der Waals surface area contributed by atoms with Crippen LogP contribution in [0.25, 0.3) is 11.0 Å². The van der Waals surface area contributed by atoms with Crippen molar-refractivity contribution in [3.05, 3.63) is 24.3 Å². The Morgan fingerprint density at radius 3 is 3.14 bits per heavy atom. The smallest absolute Gasteiger partial charge is 0.323 e. The molecule has 2 rings (SSSR count). The molecule has 2 heterocycles. The lowest BCUT2D eigenvalue weighted by Gasteiger charge is -2.01. The van der Waals surface area contributed by atoms with Gasteiger partial charge in [0.1, 0.15) is 12.4 Å². The van der Waals surface area contributed by atoms with E-state index >= 15 is 0 Å². The van der Waals surface area contributed by atoms with Crippen molar-refractivity contribution in [2.24, 2.45) is 0 Å². The molecule has 0 amide bonds. The lowest BCUT2D eigenvalue weighted by molar-refractivity contribution is -0.137. The van der Waals surface area contributed by atoms with Gasteiger partial charge in [0, 0.05) is 6.20 Å². The molecular formula is C9H9N3O2. The second-order valence-corrected chi connectivity index (χ2v) is 3.00. The van der Waals surface area contributed by atoms with Gasteiger partial charge in [-0.05, 0) is 13.0 Å². The van der Waals surface area contributed by atoms with Crippen molar-refractivity contribution in [3.63, 3.8) is 0 Å². The number of fused-ring (bicyclic) bond motifs is 1. The number of nitrogens with zero attached hydrogens (tertiary/aromatic N) is 3. The van der Waals surface area contributed by atoms with Crippen molar-refractivity contribution in [3.8, 4) is 0 Å². The number of aryl methyl sites for hydroxylation is 1. The summed E-state index contributed by atoms with van der Waals surface area (Å²) in [6.45, 7) is 1.71. The van der Waals surface area contributed by atoms with Crippen LogP contribution in [0, 0.1) is 6.92 Å². The lowest BCUT2D eigenvalue weighted by atomic mass is 10.4. The number of carboxylic acids is 1. The number of pyridine rings is 1. The Bertz CT molecular complexity index is 490. The number of hydrogen-bond donors (Lipinski definition) is 1. The summed E-state index contributed by atoms with van der Waals surface area (Å²) in [5, 5.41) is 8.70. The lowest BCUT2D eigenvalue weighted by Crippen LogP contribution is -2.09. The van der Waals surface area contributed by atoms with Crippen molar-refractivity contribution in [2.75, 3.05) is 0 Å². The molecule has 2 aromatic rings. The zero-order valence-electron chi connectivity index (χ0n) is 7.64. The van der Waals surface area contributed by atoms with Crippen LogP contribution in [0.1, 0.15) is 5.82 Å². The zero-order valence-corrected chi connectivity index (χ0v) is 7.64. The summed E-state index contributed by atoms with van der Waals surface area (Å²) < 4.78 is 1.63. The van der Waals surface area contributed by atoms with Crippen LogP contribution in [0.15, 0.2) is 18.5 Å². The van der Waals surface area contributed by atoms with E-state index in [1.54, 1.807) is 30.0 Å². The van der Waals surface area contributed by atoms with Crippen LogP contribution in [0.3, 0.4) is 0 Å². The zero-order chi connectivity index (χ0) is 10.1. The minimum absolute atomic E-state index is 0.0754. The van der Waals surface area contributed by atoms with Gasteiger partial charge in [-0.15, -0.1) is 0 Å². The minimum Gasteiger partial charge on any atom is -0.480 e. The average molecular weight is 191 g/mol. The summed E-state index contributed by atoms with van der Waals surface area (Å²) in [4.78, 5) is 18.8. The first-order valence-corrected chi connectivity index (χ1v) is 4.17. The van der Waals surface area contributed by atoms with Gasteiger partial charge in [-0.25, -0.2) is 4.98 Å². The number of hydrogen-bond acceptors (Lipinski definition) is 3. The third-order valence-electron chi connectivity index (χ3n) is 2.03. The first-order chi connectivity index (χ1) is 6.68. The SMILES string of the molecule is Cc1nc2ccncc2n1CC(=O)O. The molecular weight excluding hydrogens is 182 g/mol. The normalized spacial score (nSPS) is 10.6. The molecule has 72 valence electrons. The van der Waals surface area contributed by atoms with Crippen LogP contribution in [0.4, 0.5) is 0 Å². The van der Waals surface area contributed by atoms with Gasteiger partial charge in [-0.1, -0.05) is 0 Å². The fraction of sp³-hybridized carbons (Fsp3) is 0.222. The molecule has 0 aliphatic heterocycles. The van der Waals surface area contributed by atoms with Gasteiger partial charge in [0.25, 0.3) is 0 Å². The molecule has 5 heteroatoms. The number of aromatic nitrogens is 3. The molecule has 0 unspecified atom stereocenters. The molecule has 0 spiro atoms. The number of carbonyl (C=O) groups is 1. The van der Waals surface area contributed by atoms with Crippen molar-refractivity contribution in [1.82, 2.24) is 14.5 Å². The second kappa shape index (κ2) is 3.10. The molecule has 0 aliphatic carbocycles. The number of rotatable bonds is 2. The summed E-state index contributed by atoms with van der Waals surface area (Å²) in [6, 6.07) is 1.76. The van der Waals surface area contributed by atoms with Crippen molar-refractivity contribution < 1.29 is 9.90 Å². The maximum atomic E-state index is 10.6. The molecule has 0 aliphatic rings. The van der Waals surface area contributed by atoms with Gasteiger partial charge in [0.15, 0.2) is 0 Å². The summed E-state index contributed by atoms with van der Waals surface area (Å²) in [5.41, 5.74) is 1.53. The Kier molecular flexibility index (Phi) is 1.92. The third-order valence-corrected chi connectivity index (χ3v) is 2.03. The van der Waals surface area contributed by atoms with Crippen LogP contribution in [0.2, 0.25) is 0 Å². The highest BCUT2D eigenvalue weighted by Crippen LogP contribution is 2.13. The maximum absolute atomic E-state index is 10.6. The predicted octanol–water partition coefficient (Wildman–Crippen LogP) is 0.824. The van der Waals surface area contributed by atoms with E-state index in [2.05, 4.69) is 9.97 Å². The molecule has 0 saturated heterocycles. The van der Waals surface area contributed by atoms with E-state index in [0.29, 0.717) is 5.82 Å². The Morgan fingerprint density at radius 2 is 2.43 bits per heavy atom. The first kappa shape index (κ1) is 8.68. The molecule has 14 heavy (non-hydrogen) atoms. The molecule has 0 fully saturated rings. The minimum atomic E-state index is -0.878. The summed E-state index contributed by atoms with van der Waals surface area (Å²) in [5.74, 6) is -0.188. The quantitative estimate of drug-likeness (QED) is 0.763. The van der Waals surface area contributed by atoms with Crippen LogP contribution >= 0.6 is 0 Å². The van der Waals surface area contributed by atoms with Gasteiger partial charge in [-0.2, -0.15) is 0 Å². The fourth-order valence-electron chi connectivity index (χ4n) is 1.43. The summed E-state index contributed by atoms with van der Waals surface area (Å²) in [7, 11) is 0.